The minimum Gasteiger partial charge on any atom is -0.377 e. The number of amides is 2. The van der Waals surface area contributed by atoms with Gasteiger partial charge in [-0.3, -0.25) is 9.59 Å². The molecular formula is C15H28N2O3. The van der Waals surface area contributed by atoms with Gasteiger partial charge < -0.3 is 15.8 Å². The van der Waals surface area contributed by atoms with E-state index in [1.54, 1.807) is 6.92 Å². The summed E-state index contributed by atoms with van der Waals surface area (Å²) >= 11 is 0. The van der Waals surface area contributed by atoms with Crippen molar-refractivity contribution in [1.29, 1.82) is 0 Å². The molecule has 0 saturated heterocycles. The predicted octanol–water partition coefficient (Wildman–Crippen LogP) is 1.93. The Labute approximate surface area is 122 Å². The average molecular weight is 284 g/mol. The maximum atomic E-state index is 10.7. The third-order valence-electron chi connectivity index (χ3n) is 2.19. The van der Waals surface area contributed by atoms with Crippen LogP contribution in [-0.2, 0) is 14.3 Å². The Hall–Kier alpha value is -1.62. The Bertz CT molecular complexity index is 325. The molecule has 0 aromatic carbocycles. The number of nitrogens with one attached hydrogen (secondary N) is 1. The summed E-state index contributed by atoms with van der Waals surface area (Å²) in [5, 5.41) is 2.69. The smallest absolute Gasteiger partial charge is 0.246 e. The maximum Gasteiger partial charge on any atom is 0.246 e. The number of ether oxygens (including phenoxy) is 1. The molecule has 0 aliphatic rings. The highest BCUT2D eigenvalue weighted by Crippen LogP contribution is 1.92. The van der Waals surface area contributed by atoms with Crippen LogP contribution in [0.4, 0.5) is 0 Å². The molecule has 0 heterocycles. The number of rotatable bonds is 9. The van der Waals surface area contributed by atoms with E-state index in [0.717, 1.165) is 25.8 Å². The van der Waals surface area contributed by atoms with E-state index in [4.69, 9.17) is 10.5 Å². The van der Waals surface area contributed by atoms with Gasteiger partial charge in [0.2, 0.25) is 11.8 Å². The molecule has 2 amide bonds. The number of hydrogen-bond donors (Lipinski definition) is 2. The molecule has 0 aromatic heterocycles. The van der Waals surface area contributed by atoms with E-state index in [-0.39, 0.29) is 12.5 Å². The Kier molecular flexibility index (Phi) is 14.3. The fraction of sp³-hybridized carbons (Fsp3) is 0.600. The first-order chi connectivity index (χ1) is 9.36. The highest BCUT2D eigenvalue weighted by atomic mass is 16.5. The molecule has 3 N–H and O–H groups in total. The molecule has 0 aliphatic carbocycles. The van der Waals surface area contributed by atoms with Crippen LogP contribution in [0.2, 0.25) is 0 Å². The maximum absolute atomic E-state index is 10.7. The van der Waals surface area contributed by atoms with Crippen molar-refractivity contribution in [3.63, 3.8) is 0 Å². The molecule has 0 fully saturated rings. The summed E-state index contributed by atoms with van der Waals surface area (Å²) in [6, 6.07) is 0. The van der Waals surface area contributed by atoms with Gasteiger partial charge in [-0.05, 0) is 19.8 Å². The van der Waals surface area contributed by atoms with E-state index in [1.165, 1.54) is 0 Å². The van der Waals surface area contributed by atoms with Crippen molar-refractivity contribution in [1.82, 2.24) is 5.32 Å². The van der Waals surface area contributed by atoms with E-state index >= 15 is 0 Å². The molecule has 0 aromatic rings. The summed E-state index contributed by atoms with van der Waals surface area (Å²) in [7, 11) is 0. The summed E-state index contributed by atoms with van der Waals surface area (Å²) in [4.78, 5) is 21.1. The largest absolute Gasteiger partial charge is 0.377 e. The predicted molar refractivity (Wildman–Crippen MR) is 82.2 cm³/mol. The molecule has 0 radical (unpaired) electrons. The second-order valence-corrected chi connectivity index (χ2v) is 4.41. The highest BCUT2D eigenvalue weighted by molar-refractivity contribution is 5.92. The van der Waals surface area contributed by atoms with Gasteiger partial charge in [0.05, 0.1) is 6.61 Å². The molecule has 116 valence electrons. The molecule has 0 aliphatic heterocycles. The van der Waals surface area contributed by atoms with Crippen LogP contribution in [0.5, 0.6) is 0 Å². The minimum absolute atomic E-state index is 0.0446. The van der Waals surface area contributed by atoms with Gasteiger partial charge in [0.25, 0.3) is 0 Å². The lowest BCUT2D eigenvalue weighted by atomic mass is 10.3. The first-order valence-electron chi connectivity index (χ1n) is 6.85. The van der Waals surface area contributed by atoms with E-state index < -0.39 is 5.91 Å². The topological polar surface area (TPSA) is 81.4 Å². The van der Waals surface area contributed by atoms with Crippen molar-refractivity contribution < 1.29 is 14.3 Å². The molecule has 5 nitrogen and oxygen atoms in total. The van der Waals surface area contributed by atoms with Crippen LogP contribution in [0.15, 0.2) is 24.3 Å². The summed E-state index contributed by atoms with van der Waals surface area (Å²) in [6.45, 7) is 14.4. The third-order valence-corrected chi connectivity index (χ3v) is 2.19. The van der Waals surface area contributed by atoms with E-state index in [1.807, 2.05) is 6.92 Å². The molecule has 0 unspecified atom stereocenters. The summed E-state index contributed by atoms with van der Waals surface area (Å²) in [5.74, 6) is -0.529. The molecule has 0 rings (SSSR count). The van der Waals surface area contributed by atoms with Crippen molar-refractivity contribution in [3.8, 4) is 0 Å². The standard InChI is InChI=1S/C8H15NO2.C7H13NO/c1-3-4-5-11-6-7(2)8(9)10;1-4-5-8-7(9)6(2)3/h2-6H2,1H3,(H2,9,10);2,4-5H2,1,3H3,(H,8,9). The van der Waals surface area contributed by atoms with Crippen molar-refractivity contribution in [3.05, 3.63) is 24.3 Å². The Morgan fingerprint density at radius 1 is 1.20 bits per heavy atom. The van der Waals surface area contributed by atoms with E-state index in [2.05, 4.69) is 25.4 Å². The molecule has 5 heteroatoms. The van der Waals surface area contributed by atoms with Crippen LogP contribution in [0.3, 0.4) is 0 Å². The Morgan fingerprint density at radius 2 is 1.80 bits per heavy atom. The average Bonchev–Trinajstić information content (AvgIpc) is 2.41. The molecule has 0 spiro atoms. The summed E-state index contributed by atoms with van der Waals surface area (Å²) < 4.78 is 5.10. The molecule has 20 heavy (non-hydrogen) atoms. The van der Waals surface area contributed by atoms with Crippen LogP contribution < -0.4 is 11.1 Å². The van der Waals surface area contributed by atoms with Crippen LogP contribution in [0, 0.1) is 0 Å². The van der Waals surface area contributed by atoms with Crippen LogP contribution in [0.1, 0.15) is 40.0 Å². The van der Waals surface area contributed by atoms with Gasteiger partial charge in [0.1, 0.15) is 0 Å². The SMILES string of the molecule is C=C(C)C(=O)NCCC.C=C(COCCCC)C(N)=O. The molecular weight excluding hydrogens is 256 g/mol. The number of unbranched alkanes of at least 4 members (excludes halogenated alkanes) is 1. The van der Waals surface area contributed by atoms with Gasteiger partial charge in [-0.15, -0.1) is 0 Å². The summed E-state index contributed by atoms with van der Waals surface area (Å²) in [6.07, 6.45) is 3.06. The second-order valence-electron chi connectivity index (χ2n) is 4.41. The zero-order valence-electron chi connectivity index (χ0n) is 13.0. The Morgan fingerprint density at radius 3 is 2.20 bits per heavy atom. The van der Waals surface area contributed by atoms with E-state index in [9.17, 15) is 9.59 Å². The fourth-order valence-electron chi connectivity index (χ4n) is 0.902. The van der Waals surface area contributed by atoms with Gasteiger partial charge >= 0.3 is 0 Å². The zero-order chi connectivity index (χ0) is 16.0. The Balaban J connectivity index is 0. The van der Waals surface area contributed by atoms with Crippen LogP contribution in [-0.4, -0.2) is 31.6 Å². The van der Waals surface area contributed by atoms with Gasteiger partial charge in [-0.2, -0.15) is 0 Å². The molecule has 0 bridgehead atoms. The number of carbonyl (C=O) groups is 2. The number of primary amides is 1. The van der Waals surface area contributed by atoms with Gasteiger partial charge in [0, 0.05) is 24.3 Å². The van der Waals surface area contributed by atoms with Crippen LogP contribution in [0.25, 0.3) is 0 Å². The monoisotopic (exact) mass is 284 g/mol. The van der Waals surface area contributed by atoms with Crippen molar-refractivity contribution in [2.24, 2.45) is 5.73 Å². The molecule has 0 saturated carbocycles. The number of carbonyl (C=O) groups excluding carboxylic acids is 2. The number of nitrogens with two attached hydrogens (primary N) is 1. The minimum atomic E-state index is -0.485. The summed E-state index contributed by atoms with van der Waals surface area (Å²) in [5.41, 5.74) is 5.84. The number of hydrogen-bond acceptors (Lipinski definition) is 3. The first-order valence-corrected chi connectivity index (χ1v) is 6.85. The molecule has 0 atom stereocenters. The van der Waals surface area contributed by atoms with Crippen molar-refractivity contribution in [2.45, 2.75) is 40.0 Å². The highest BCUT2D eigenvalue weighted by Gasteiger charge is 1.99. The fourth-order valence-corrected chi connectivity index (χ4v) is 0.902. The van der Waals surface area contributed by atoms with Gasteiger partial charge in [0.15, 0.2) is 0 Å². The van der Waals surface area contributed by atoms with Crippen molar-refractivity contribution in [2.75, 3.05) is 19.8 Å². The van der Waals surface area contributed by atoms with Gasteiger partial charge in [-0.1, -0.05) is 33.4 Å². The third kappa shape index (κ3) is 14.4. The lowest BCUT2D eigenvalue weighted by Crippen LogP contribution is -2.24. The quantitative estimate of drug-likeness (QED) is 0.501. The normalized spacial score (nSPS) is 9.15. The lowest BCUT2D eigenvalue weighted by Gasteiger charge is -2.02. The van der Waals surface area contributed by atoms with Crippen molar-refractivity contribution >= 4 is 11.8 Å². The van der Waals surface area contributed by atoms with E-state index in [0.29, 0.717) is 17.8 Å². The van der Waals surface area contributed by atoms with Crippen LogP contribution >= 0.6 is 0 Å². The lowest BCUT2D eigenvalue weighted by molar-refractivity contribution is -0.117. The second kappa shape index (κ2) is 13.8. The van der Waals surface area contributed by atoms with Gasteiger partial charge in [-0.25, -0.2) is 0 Å². The first kappa shape index (κ1) is 20.7. The zero-order valence-corrected chi connectivity index (χ0v) is 13.0.